The predicted octanol–water partition coefficient (Wildman–Crippen LogP) is 0.106. The standard InChI is InChI=1S/C12H27N3O/c1-14-7-4-12(10-14)11-15(2)8-5-13-6-9-16-3/h12-13H,4-11H2,1-3H3. The smallest absolute Gasteiger partial charge is 0.0587 e. The van der Waals surface area contributed by atoms with Gasteiger partial charge < -0.3 is 19.9 Å². The first-order valence-electron chi connectivity index (χ1n) is 6.29. The van der Waals surface area contributed by atoms with E-state index in [4.69, 9.17) is 4.74 Å². The average Bonchev–Trinajstić information content (AvgIpc) is 2.63. The molecule has 1 fully saturated rings. The molecule has 0 aromatic carbocycles. The van der Waals surface area contributed by atoms with Gasteiger partial charge in [0.05, 0.1) is 6.61 Å². The molecule has 4 heteroatoms. The van der Waals surface area contributed by atoms with Gasteiger partial charge in [-0.3, -0.25) is 0 Å². The number of rotatable bonds is 8. The van der Waals surface area contributed by atoms with E-state index in [0.717, 1.165) is 32.2 Å². The van der Waals surface area contributed by atoms with E-state index in [-0.39, 0.29) is 0 Å². The molecule has 0 aromatic heterocycles. The van der Waals surface area contributed by atoms with Crippen molar-refractivity contribution in [2.45, 2.75) is 6.42 Å². The molecule has 0 aliphatic carbocycles. The molecule has 1 heterocycles. The van der Waals surface area contributed by atoms with Crippen molar-refractivity contribution in [3.8, 4) is 0 Å². The summed E-state index contributed by atoms with van der Waals surface area (Å²) in [6.45, 7) is 7.71. The third kappa shape index (κ3) is 5.80. The second-order valence-electron chi connectivity index (χ2n) is 4.92. The first-order valence-corrected chi connectivity index (χ1v) is 6.29. The molecule has 0 bridgehead atoms. The number of hydrogen-bond acceptors (Lipinski definition) is 4. The highest BCUT2D eigenvalue weighted by molar-refractivity contribution is 4.75. The number of ether oxygens (including phenoxy) is 1. The molecule has 0 saturated carbocycles. The van der Waals surface area contributed by atoms with Crippen LogP contribution in [0.5, 0.6) is 0 Å². The summed E-state index contributed by atoms with van der Waals surface area (Å²) in [5, 5.41) is 3.37. The van der Waals surface area contributed by atoms with Gasteiger partial charge in [-0.2, -0.15) is 0 Å². The van der Waals surface area contributed by atoms with Crippen LogP contribution in [0.3, 0.4) is 0 Å². The van der Waals surface area contributed by atoms with Crippen LogP contribution in [0, 0.1) is 5.92 Å². The number of hydrogen-bond donors (Lipinski definition) is 1. The summed E-state index contributed by atoms with van der Waals surface area (Å²) in [7, 11) is 6.17. The van der Waals surface area contributed by atoms with Crippen molar-refractivity contribution in [1.82, 2.24) is 15.1 Å². The van der Waals surface area contributed by atoms with Crippen LogP contribution in [0.25, 0.3) is 0 Å². The Morgan fingerprint density at radius 3 is 2.88 bits per heavy atom. The number of nitrogens with one attached hydrogen (secondary N) is 1. The van der Waals surface area contributed by atoms with Crippen molar-refractivity contribution in [2.24, 2.45) is 5.92 Å². The van der Waals surface area contributed by atoms with E-state index in [9.17, 15) is 0 Å². The van der Waals surface area contributed by atoms with Crippen LogP contribution in [-0.2, 0) is 4.74 Å². The lowest BCUT2D eigenvalue weighted by atomic mass is 10.1. The van der Waals surface area contributed by atoms with Crippen LogP contribution in [0.1, 0.15) is 6.42 Å². The molecule has 1 aliphatic rings. The maximum atomic E-state index is 4.99. The van der Waals surface area contributed by atoms with E-state index >= 15 is 0 Å². The second kappa shape index (κ2) is 8.01. The lowest BCUT2D eigenvalue weighted by Crippen LogP contribution is -2.34. The number of likely N-dealkylation sites (N-methyl/N-ethyl adjacent to an activating group) is 1. The summed E-state index contributed by atoms with van der Waals surface area (Å²) in [5.41, 5.74) is 0. The molecular weight excluding hydrogens is 202 g/mol. The molecule has 1 aliphatic heterocycles. The minimum absolute atomic E-state index is 0.803. The van der Waals surface area contributed by atoms with Crippen molar-refractivity contribution in [3.05, 3.63) is 0 Å². The van der Waals surface area contributed by atoms with Gasteiger partial charge in [-0.1, -0.05) is 0 Å². The van der Waals surface area contributed by atoms with E-state index in [1.165, 1.54) is 26.1 Å². The lowest BCUT2D eigenvalue weighted by molar-refractivity contribution is 0.197. The maximum Gasteiger partial charge on any atom is 0.0587 e. The Morgan fingerprint density at radius 2 is 2.25 bits per heavy atom. The van der Waals surface area contributed by atoms with Crippen molar-refractivity contribution < 1.29 is 4.74 Å². The van der Waals surface area contributed by atoms with Gasteiger partial charge in [-0.15, -0.1) is 0 Å². The SMILES string of the molecule is COCCNCCN(C)CC1CCN(C)C1. The predicted molar refractivity (Wildman–Crippen MR) is 67.8 cm³/mol. The van der Waals surface area contributed by atoms with Gasteiger partial charge in [0.15, 0.2) is 0 Å². The Kier molecular flexibility index (Phi) is 6.96. The Bertz CT molecular complexity index is 178. The molecule has 4 nitrogen and oxygen atoms in total. The van der Waals surface area contributed by atoms with E-state index in [2.05, 4.69) is 29.2 Å². The fourth-order valence-electron chi connectivity index (χ4n) is 2.28. The zero-order chi connectivity index (χ0) is 11.8. The van der Waals surface area contributed by atoms with Gasteiger partial charge >= 0.3 is 0 Å². The molecule has 0 radical (unpaired) electrons. The third-order valence-electron chi connectivity index (χ3n) is 3.21. The molecule has 1 N–H and O–H groups in total. The van der Waals surface area contributed by atoms with Gasteiger partial charge in [0.1, 0.15) is 0 Å². The Hall–Kier alpha value is -0.160. The quantitative estimate of drug-likeness (QED) is 0.598. The third-order valence-corrected chi connectivity index (χ3v) is 3.21. The first kappa shape index (κ1) is 13.9. The van der Waals surface area contributed by atoms with Gasteiger partial charge in [0.25, 0.3) is 0 Å². The zero-order valence-electron chi connectivity index (χ0n) is 11.0. The second-order valence-corrected chi connectivity index (χ2v) is 4.92. The highest BCUT2D eigenvalue weighted by Crippen LogP contribution is 2.14. The molecule has 16 heavy (non-hydrogen) atoms. The van der Waals surface area contributed by atoms with Crippen LogP contribution < -0.4 is 5.32 Å². The fraction of sp³-hybridized carbons (Fsp3) is 1.00. The van der Waals surface area contributed by atoms with Crippen molar-refractivity contribution in [2.75, 3.05) is 67.1 Å². The Balaban J connectivity index is 1.96. The number of nitrogens with zero attached hydrogens (tertiary/aromatic N) is 2. The summed E-state index contributed by atoms with van der Waals surface area (Å²) >= 11 is 0. The highest BCUT2D eigenvalue weighted by Gasteiger charge is 2.20. The first-order chi connectivity index (χ1) is 7.72. The van der Waals surface area contributed by atoms with Crippen LogP contribution in [0.4, 0.5) is 0 Å². The average molecular weight is 229 g/mol. The summed E-state index contributed by atoms with van der Waals surface area (Å²) < 4.78 is 4.99. The van der Waals surface area contributed by atoms with E-state index < -0.39 is 0 Å². The monoisotopic (exact) mass is 229 g/mol. The molecule has 0 amide bonds. The Labute approximate surface area is 99.9 Å². The summed E-state index contributed by atoms with van der Waals surface area (Å²) in [5.74, 6) is 0.869. The summed E-state index contributed by atoms with van der Waals surface area (Å²) in [4.78, 5) is 4.86. The summed E-state index contributed by atoms with van der Waals surface area (Å²) in [6.07, 6.45) is 1.36. The molecule has 0 spiro atoms. The van der Waals surface area contributed by atoms with E-state index in [1.807, 2.05) is 0 Å². The highest BCUT2D eigenvalue weighted by atomic mass is 16.5. The molecular formula is C12H27N3O. The number of likely N-dealkylation sites (tertiary alicyclic amines) is 1. The van der Waals surface area contributed by atoms with Gasteiger partial charge in [0.2, 0.25) is 0 Å². The largest absolute Gasteiger partial charge is 0.383 e. The van der Waals surface area contributed by atoms with Gasteiger partial charge in [0, 0.05) is 39.8 Å². The van der Waals surface area contributed by atoms with E-state index in [0.29, 0.717) is 0 Å². The van der Waals surface area contributed by atoms with Crippen LogP contribution >= 0.6 is 0 Å². The van der Waals surface area contributed by atoms with E-state index in [1.54, 1.807) is 7.11 Å². The normalized spacial score (nSPS) is 22.1. The minimum Gasteiger partial charge on any atom is -0.383 e. The van der Waals surface area contributed by atoms with Gasteiger partial charge in [-0.25, -0.2) is 0 Å². The molecule has 1 unspecified atom stereocenters. The molecule has 1 rings (SSSR count). The van der Waals surface area contributed by atoms with Crippen LogP contribution in [-0.4, -0.2) is 76.9 Å². The van der Waals surface area contributed by atoms with Crippen LogP contribution in [0.15, 0.2) is 0 Å². The topological polar surface area (TPSA) is 27.7 Å². The lowest BCUT2D eigenvalue weighted by Gasteiger charge is -2.21. The van der Waals surface area contributed by atoms with Gasteiger partial charge in [-0.05, 0) is 33.0 Å². The zero-order valence-corrected chi connectivity index (χ0v) is 11.0. The molecule has 1 atom stereocenters. The van der Waals surface area contributed by atoms with Crippen molar-refractivity contribution in [1.29, 1.82) is 0 Å². The van der Waals surface area contributed by atoms with Crippen LogP contribution in [0.2, 0.25) is 0 Å². The fourth-order valence-corrected chi connectivity index (χ4v) is 2.28. The number of methoxy groups -OCH3 is 1. The minimum atomic E-state index is 0.803. The molecule has 0 aromatic rings. The van der Waals surface area contributed by atoms with Crippen molar-refractivity contribution in [3.63, 3.8) is 0 Å². The maximum absolute atomic E-state index is 4.99. The molecule has 96 valence electrons. The molecule has 1 saturated heterocycles. The Morgan fingerprint density at radius 1 is 1.44 bits per heavy atom. The van der Waals surface area contributed by atoms with Crippen molar-refractivity contribution >= 4 is 0 Å². The summed E-state index contributed by atoms with van der Waals surface area (Å²) in [6, 6.07) is 0.